The minimum atomic E-state index is -0.625. The van der Waals surface area contributed by atoms with Crippen molar-refractivity contribution in [2.75, 3.05) is 19.0 Å². The molecule has 8 nitrogen and oxygen atoms in total. The van der Waals surface area contributed by atoms with E-state index >= 15 is 0 Å². The molecule has 0 fully saturated rings. The van der Waals surface area contributed by atoms with Crippen LogP contribution in [0.2, 0.25) is 5.02 Å². The number of aromatic amines is 1. The Hall–Kier alpha value is -3.72. The molecule has 0 radical (unpaired) electrons. The summed E-state index contributed by atoms with van der Waals surface area (Å²) in [5, 5.41) is 6.46. The Morgan fingerprint density at radius 1 is 1.26 bits per heavy atom. The van der Waals surface area contributed by atoms with Crippen LogP contribution in [0.3, 0.4) is 0 Å². The predicted molar refractivity (Wildman–Crippen MR) is 130 cm³/mol. The monoisotopic (exact) mass is 482 g/mol. The first-order chi connectivity index (χ1) is 16.3. The summed E-state index contributed by atoms with van der Waals surface area (Å²) in [4.78, 5) is 27.8. The second-order valence-corrected chi connectivity index (χ2v) is 8.13. The normalized spacial score (nSPS) is 11.9. The SMILES string of the molecule is CCNC(=O)c1ccc(-c2c(C)c(Cl)cc(C(C)Nc3ncnc4nc[nH]c34)c2OC)cc1F. The molecule has 0 bridgehead atoms. The van der Waals surface area contributed by atoms with Crippen LogP contribution < -0.4 is 15.4 Å². The number of methoxy groups -OCH3 is 1. The highest BCUT2D eigenvalue weighted by Crippen LogP contribution is 2.43. The first-order valence-corrected chi connectivity index (χ1v) is 11.1. The Kier molecular flexibility index (Phi) is 6.65. The average Bonchev–Trinajstić information content (AvgIpc) is 3.30. The van der Waals surface area contributed by atoms with Gasteiger partial charge in [0.15, 0.2) is 11.5 Å². The summed E-state index contributed by atoms with van der Waals surface area (Å²) in [6.07, 6.45) is 2.98. The lowest BCUT2D eigenvalue weighted by Gasteiger charge is -2.23. The number of hydrogen-bond donors (Lipinski definition) is 3. The maximum Gasteiger partial charge on any atom is 0.254 e. The molecule has 0 saturated heterocycles. The second kappa shape index (κ2) is 9.64. The van der Waals surface area contributed by atoms with Gasteiger partial charge in [0.05, 0.1) is 25.0 Å². The maximum absolute atomic E-state index is 14.9. The Balaban J connectivity index is 1.78. The van der Waals surface area contributed by atoms with E-state index in [2.05, 4.69) is 30.6 Å². The summed E-state index contributed by atoms with van der Waals surface area (Å²) in [5.74, 6) is 0.0321. The Bertz CT molecular complexity index is 1370. The van der Waals surface area contributed by atoms with Gasteiger partial charge in [-0.05, 0) is 50.1 Å². The van der Waals surface area contributed by atoms with E-state index in [1.54, 1.807) is 26.4 Å². The maximum atomic E-state index is 14.9. The van der Waals surface area contributed by atoms with E-state index in [4.69, 9.17) is 16.3 Å². The third-order valence-corrected chi connectivity index (χ3v) is 5.98. The molecule has 3 N–H and O–H groups in total. The van der Waals surface area contributed by atoms with Gasteiger partial charge in [-0.15, -0.1) is 0 Å². The van der Waals surface area contributed by atoms with Gasteiger partial charge in [0, 0.05) is 22.7 Å². The van der Waals surface area contributed by atoms with E-state index in [-0.39, 0.29) is 11.6 Å². The molecule has 2 aromatic heterocycles. The fourth-order valence-corrected chi connectivity index (χ4v) is 4.11. The van der Waals surface area contributed by atoms with E-state index in [0.717, 1.165) is 11.1 Å². The third-order valence-electron chi connectivity index (χ3n) is 5.59. The number of hydrogen-bond acceptors (Lipinski definition) is 6. The first-order valence-electron chi connectivity index (χ1n) is 10.7. The van der Waals surface area contributed by atoms with E-state index in [0.29, 0.717) is 45.4 Å². The number of imidazole rings is 1. The number of carbonyl (C=O) groups excluding carboxylic acids is 1. The van der Waals surface area contributed by atoms with Gasteiger partial charge in [0.1, 0.15) is 23.4 Å². The number of amides is 1. The molecule has 0 aliphatic heterocycles. The number of nitrogens with one attached hydrogen (secondary N) is 3. The smallest absolute Gasteiger partial charge is 0.254 e. The van der Waals surface area contributed by atoms with Crippen LogP contribution in [-0.2, 0) is 0 Å². The summed E-state index contributed by atoms with van der Waals surface area (Å²) in [5.41, 5.74) is 3.89. The molecule has 4 rings (SSSR count). The molecule has 34 heavy (non-hydrogen) atoms. The van der Waals surface area contributed by atoms with Crippen LogP contribution in [0.15, 0.2) is 36.9 Å². The largest absolute Gasteiger partial charge is 0.496 e. The van der Waals surface area contributed by atoms with Crippen molar-refractivity contribution >= 4 is 34.5 Å². The molecule has 2 heterocycles. The molecule has 1 amide bonds. The standard InChI is InChI=1S/C24H24ClFN6O2/c1-5-27-24(33)15-7-6-14(8-18(15)26)19-12(2)17(25)9-16(21(19)34-4)13(3)32-23-20-22(29-10-28-20)30-11-31-23/h6-11,13H,5H2,1-4H3,(H,27,33)(H2,28,29,30,31,32). The van der Waals surface area contributed by atoms with Gasteiger partial charge in [0.25, 0.3) is 5.91 Å². The van der Waals surface area contributed by atoms with Crippen LogP contribution in [0.5, 0.6) is 5.75 Å². The zero-order valence-corrected chi connectivity index (χ0v) is 19.9. The minimum absolute atomic E-state index is 0.0214. The summed E-state index contributed by atoms with van der Waals surface area (Å²) >= 11 is 6.60. The number of rotatable bonds is 7. The van der Waals surface area contributed by atoms with E-state index in [9.17, 15) is 9.18 Å². The highest BCUT2D eigenvalue weighted by atomic mass is 35.5. The lowest BCUT2D eigenvalue weighted by Crippen LogP contribution is -2.23. The molecule has 1 atom stereocenters. The first kappa shape index (κ1) is 23.4. The van der Waals surface area contributed by atoms with Crippen LogP contribution >= 0.6 is 11.6 Å². The molecular weight excluding hydrogens is 459 g/mol. The number of fused-ring (bicyclic) bond motifs is 1. The summed E-state index contributed by atoms with van der Waals surface area (Å²) in [6.45, 7) is 5.97. The van der Waals surface area contributed by atoms with Gasteiger partial charge >= 0.3 is 0 Å². The van der Waals surface area contributed by atoms with E-state index in [1.807, 2.05) is 19.9 Å². The molecule has 0 aliphatic rings. The zero-order chi connectivity index (χ0) is 24.4. The summed E-state index contributed by atoms with van der Waals surface area (Å²) < 4.78 is 20.7. The van der Waals surface area contributed by atoms with Crippen molar-refractivity contribution in [1.82, 2.24) is 25.3 Å². The molecule has 176 valence electrons. The molecule has 1 unspecified atom stereocenters. The third kappa shape index (κ3) is 4.26. The van der Waals surface area contributed by atoms with Crippen molar-refractivity contribution in [1.29, 1.82) is 0 Å². The van der Waals surface area contributed by atoms with Crippen LogP contribution in [-0.4, -0.2) is 39.5 Å². The number of nitrogens with zero attached hydrogens (tertiary/aromatic N) is 3. The molecular formula is C24H24ClFN6O2. The van der Waals surface area contributed by atoms with Crippen LogP contribution in [0.1, 0.15) is 41.4 Å². The number of aromatic nitrogens is 4. The van der Waals surface area contributed by atoms with Crippen molar-refractivity contribution < 1.29 is 13.9 Å². The van der Waals surface area contributed by atoms with Gasteiger partial charge in [-0.25, -0.2) is 19.3 Å². The highest BCUT2D eigenvalue weighted by Gasteiger charge is 2.23. The van der Waals surface area contributed by atoms with Crippen LogP contribution in [0.25, 0.3) is 22.3 Å². The second-order valence-electron chi connectivity index (χ2n) is 7.72. The lowest BCUT2D eigenvalue weighted by atomic mass is 9.93. The zero-order valence-electron chi connectivity index (χ0n) is 19.2. The number of benzene rings is 2. The topological polar surface area (TPSA) is 105 Å². The van der Waals surface area contributed by atoms with Crippen molar-refractivity contribution in [3.8, 4) is 16.9 Å². The van der Waals surface area contributed by atoms with Crippen LogP contribution in [0.4, 0.5) is 10.2 Å². The lowest BCUT2D eigenvalue weighted by molar-refractivity contribution is 0.0952. The van der Waals surface area contributed by atoms with E-state index in [1.165, 1.54) is 18.5 Å². The molecule has 4 aromatic rings. The average molecular weight is 483 g/mol. The van der Waals surface area contributed by atoms with Crippen molar-refractivity contribution in [3.63, 3.8) is 0 Å². The van der Waals surface area contributed by atoms with Crippen molar-refractivity contribution in [2.45, 2.75) is 26.8 Å². The number of H-pyrrole nitrogens is 1. The van der Waals surface area contributed by atoms with Gasteiger partial charge in [0.2, 0.25) is 0 Å². The van der Waals surface area contributed by atoms with Gasteiger partial charge < -0.3 is 20.4 Å². The molecule has 0 saturated carbocycles. The number of halogens is 2. The fourth-order valence-electron chi connectivity index (χ4n) is 3.90. The number of carbonyl (C=O) groups is 1. The van der Waals surface area contributed by atoms with Gasteiger partial charge in [-0.1, -0.05) is 17.7 Å². The van der Waals surface area contributed by atoms with Crippen molar-refractivity contribution in [3.05, 3.63) is 64.5 Å². The number of ether oxygens (including phenoxy) is 1. The van der Waals surface area contributed by atoms with Crippen LogP contribution in [0, 0.1) is 12.7 Å². The van der Waals surface area contributed by atoms with E-state index < -0.39 is 11.7 Å². The Labute approximate surface area is 200 Å². The quantitative estimate of drug-likeness (QED) is 0.340. The summed E-state index contributed by atoms with van der Waals surface area (Å²) in [6, 6.07) is 6.02. The molecule has 0 aliphatic carbocycles. The van der Waals surface area contributed by atoms with Gasteiger partial charge in [-0.3, -0.25) is 4.79 Å². The highest BCUT2D eigenvalue weighted by molar-refractivity contribution is 6.32. The Morgan fingerprint density at radius 2 is 2.06 bits per heavy atom. The molecule has 2 aromatic carbocycles. The van der Waals surface area contributed by atoms with Gasteiger partial charge in [-0.2, -0.15) is 0 Å². The molecule has 0 spiro atoms. The number of anilines is 1. The summed E-state index contributed by atoms with van der Waals surface area (Å²) in [7, 11) is 1.56. The minimum Gasteiger partial charge on any atom is -0.496 e. The predicted octanol–water partition coefficient (Wildman–Crippen LogP) is 5.05. The molecule has 10 heteroatoms. The Morgan fingerprint density at radius 3 is 2.76 bits per heavy atom. The van der Waals surface area contributed by atoms with Crippen molar-refractivity contribution in [2.24, 2.45) is 0 Å². The fraction of sp³-hybridized carbons (Fsp3) is 0.250.